The highest BCUT2D eigenvalue weighted by atomic mass is 19.1. The number of aryl methyl sites for hydroxylation is 1. The number of nitrogens with one attached hydrogen (secondary N) is 1. The smallest absolute Gasteiger partial charge is 0.220 e. The van der Waals surface area contributed by atoms with E-state index in [2.05, 4.69) is 5.32 Å². The van der Waals surface area contributed by atoms with Crippen molar-refractivity contribution in [1.82, 2.24) is 5.32 Å². The zero-order valence-electron chi connectivity index (χ0n) is 12.9. The molecule has 0 spiro atoms. The maximum Gasteiger partial charge on any atom is 0.220 e. The second-order valence-electron chi connectivity index (χ2n) is 5.68. The van der Waals surface area contributed by atoms with Gasteiger partial charge in [-0.15, -0.1) is 0 Å². The predicted octanol–water partition coefficient (Wildman–Crippen LogP) is 3.31. The van der Waals surface area contributed by atoms with Crippen molar-refractivity contribution in [3.63, 3.8) is 0 Å². The van der Waals surface area contributed by atoms with E-state index in [0.717, 1.165) is 19.4 Å². The molecule has 1 atom stereocenters. The minimum absolute atomic E-state index is 0.0238. The van der Waals surface area contributed by atoms with Gasteiger partial charge in [0.25, 0.3) is 0 Å². The summed E-state index contributed by atoms with van der Waals surface area (Å²) in [4.78, 5) is 11.8. The first-order valence-electron chi connectivity index (χ1n) is 7.94. The third kappa shape index (κ3) is 4.20. The highest BCUT2D eigenvalue weighted by Crippen LogP contribution is 2.25. The third-order valence-electron chi connectivity index (χ3n) is 3.95. The Morgan fingerprint density at radius 1 is 1.26 bits per heavy atom. The molecule has 122 valence electrons. The van der Waals surface area contributed by atoms with Gasteiger partial charge in [0.15, 0.2) is 0 Å². The molecule has 4 nitrogen and oxygen atoms in total. The van der Waals surface area contributed by atoms with E-state index in [4.69, 9.17) is 9.15 Å². The van der Waals surface area contributed by atoms with E-state index in [1.54, 1.807) is 30.3 Å². The minimum atomic E-state index is -0.317. The van der Waals surface area contributed by atoms with Gasteiger partial charge < -0.3 is 14.5 Å². The molecule has 1 aliphatic heterocycles. The quantitative estimate of drug-likeness (QED) is 0.889. The summed E-state index contributed by atoms with van der Waals surface area (Å²) in [7, 11) is 0. The van der Waals surface area contributed by atoms with Gasteiger partial charge in [-0.3, -0.25) is 4.79 Å². The number of hydrogen-bond donors (Lipinski definition) is 1. The van der Waals surface area contributed by atoms with Crippen LogP contribution in [0.4, 0.5) is 4.39 Å². The number of rotatable bonds is 6. The zero-order valence-corrected chi connectivity index (χ0v) is 12.9. The van der Waals surface area contributed by atoms with Crippen LogP contribution in [-0.2, 0) is 16.0 Å². The number of carbonyl (C=O) groups is 1. The van der Waals surface area contributed by atoms with Gasteiger partial charge in [0.1, 0.15) is 17.3 Å². The standard InChI is InChI=1S/C18H20FNO3/c19-16-6-2-1-5-15(16)17-9-7-13(23-17)8-10-18(21)20-12-14-4-3-11-22-14/h1-2,5-7,9,14H,3-4,8,10-12H2,(H,20,21)/t14-/m1/s1. The van der Waals surface area contributed by atoms with Gasteiger partial charge in [0.2, 0.25) is 5.91 Å². The lowest BCUT2D eigenvalue weighted by Crippen LogP contribution is -2.31. The minimum Gasteiger partial charge on any atom is -0.461 e. The average molecular weight is 317 g/mol. The molecule has 1 aliphatic rings. The van der Waals surface area contributed by atoms with Crippen LogP contribution in [0.3, 0.4) is 0 Å². The van der Waals surface area contributed by atoms with Crippen LogP contribution in [0.5, 0.6) is 0 Å². The molecule has 1 aromatic carbocycles. The second-order valence-corrected chi connectivity index (χ2v) is 5.68. The number of ether oxygens (including phenoxy) is 1. The normalized spacial score (nSPS) is 17.3. The number of halogens is 1. The second kappa shape index (κ2) is 7.42. The molecule has 0 radical (unpaired) electrons. The monoisotopic (exact) mass is 317 g/mol. The Kier molecular flexibility index (Phi) is 5.08. The van der Waals surface area contributed by atoms with Crippen molar-refractivity contribution in [3.05, 3.63) is 48.0 Å². The maximum atomic E-state index is 13.7. The maximum absolute atomic E-state index is 13.7. The molecule has 1 aromatic heterocycles. The van der Waals surface area contributed by atoms with Crippen LogP contribution in [0.15, 0.2) is 40.8 Å². The molecule has 1 N–H and O–H groups in total. The van der Waals surface area contributed by atoms with Gasteiger partial charge in [0.05, 0.1) is 11.7 Å². The first-order valence-corrected chi connectivity index (χ1v) is 7.94. The summed E-state index contributed by atoms with van der Waals surface area (Å²) < 4.78 is 24.8. The van der Waals surface area contributed by atoms with Crippen LogP contribution < -0.4 is 5.32 Å². The predicted molar refractivity (Wildman–Crippen MR) is 84.4 cm³/mol. The van der Waals surface area contributed by atoms with Gasteiger partial charge in [0, 0.05) is 26.0 Å². The van der Waals surface area contributed by atoms with Crippen LogP contribution in [0.25, 0.3) is 11.3 Å². The Balaban J connectivity index is 1.49. The summed E-state index contributed by atoms with van der Waals surface area (Å²) in [6.45, 7) is 1.35. The summed E-state index contributed by atoms with van der Waals surface area (Å²) >= 11 is 0. The van der Waals surface area contributed by atoms with Gasteiger partial charge in [-0.1, -0.05) is 12.1 Å². The molecule has 3 rings (SSSR count). The molecule has 0 aliphatic carbocycles. The van der Waals surface area contributed by atoms with Crippen LogP contribution in [0, 0.1) is 5.82 Å². The Bertz CT molecular complexity index is 662. The first-order chi connectivity index (χ1) is 11.2. The van der Waals surface area contributed by atoms with Gasteiger partial charge in [-0.05, 0) is 37.1 Å². The lowest BCUT2D eigenvalue weighted by Gasteiger charge is -2.10. The van der Waals surface area contributed by atoms with Crippen molar-refractivity contribution < 1.29 is 18.3 Å². The largest absolute Gasteiger partial charge is 0.461 e. The molecule has 0 bridgehead atoms. The summed E-state index contributed by atoms with van der Waals surface area (Å²) in [5.41, 5.74) is 0.432. The van der Waals surface area contributed by atoms with E-state index in [0.29, 0.717) is 36.5 Å². The molecule has 1 saturated heterocycles. The van der Waals surface area contributed by atoms with Gasteiger partial charge in [-0.25, -0.2) is 4.39 Å². The van der Waals surface area contributed by atoms with E-state index in [1.165, 1.54) is 6.07 Å². The fraction of sp³-hybridized carbons (Fsp3) is 0.389. The van der Waals surface area contributed by atoms with Crippen LogP contribution in [0.2, 0.25) is 0 Å². The molecule has 0 unspecified atom stereocenters. The van der Waals surface area contributed by atoms with Crippen molar-refractivity contribution in [2.45, 2.75) is 31.8 Å². The molecule has 5 heteroatoms. The fourth-order valence-electron chi connectivity index (χ4n) is 2.68. The van der Waals surface area contributed by atoms with E-state index >= 15 is 0 Å². The topological polar surface area (TPSA) is 51.5 Å². The number of hydrogen-bond acceptors (Lipinski definition) is 3. The molecule has 2 heterocycles. The molecular formula is C18H20FNO3. The van der Waals surface area contributed by atoms with Crippen molar-refractivity contribution in [2.75, 3.05) is 13.2 Å². The Hall–Kier alpha value is -2.14. The summed E-state index contributed by atoms with van der Waals surface area (Å²) in [6.07, 6.45) is 3.05. The van der Waals surface area contributed by atoms with Crippen LogP contribution >= 0.6 is 0 Å². The molecule has 23 heavy (non-hydrogen) atoms. The van der Waals surface area contributed by atoms with Crippen molar-refractivity contribution in [2.24, 2.45) is 0 Å². The summed E-state index contributed by atoms with van der Waals surface area (Å²) in [6, 6.07) is 10.00. The summed E-state index contributed by atoms with van der Waals surface area (Å²) in [5, 5.41) is 2.88. The van der Waals surface area contributed by atoms with Crippen molar-refractivity contribution in [1.29, 1.82) is 0 Å². The van der Waals surface area contributed by atoms with Crippen molar-refractivity contribution >= 4 is 5.91 Å². The highest BCUT2D eigenvalue weighted by Gasteiger charge is 2.16. The lowest BCUT2D eigenvalue weighted by molar-refractivity contribution is -0.121. The average Bonchev–Trinajstić information content (AvgIpc) is 3.23. The molecule has 0 saturated carbocycles. The SMILES string of the molecule is O=C(CCc1ccc(-c2ccccc2F)o1)NC[C@H]1CCCO1. The first kappa shape index (κ1) is 15.7. The molecule has 2 aromatic rings. The third-order valence-corrected chi connectivity index (χ3v) is 3.95. The number of furan rings is 1. The number of benzene rings is 1. The summed E-state index contributed by atoms with van der Waals surface area (Å²) in [5.74, 6) is 0.820. The van der Waals surface area contributed by atoms with E-state index in [1.807, 2.05) is 0 Å². The Labute approximate surface area is 134 Å². The van der Waals surface area contributed by atoms with Gasteiger partial charge in [-0.2, -0.15) is 0 Å². The van der Waals surface area contributed by atoms with Crippen LogP contribution in [-0.4, -0.2) is 25.2 Å². The van der Waals surface area contributed by atoms with E-state index in [9.17, 15) is 9.18 Å². The van der Waals surface area contributed by atoms with E-state index in [-0.39, 0.29) is 17.8 Å². The Morgan fingerprint density at radius 2 is 2.13 bits per heavy atom. The Morgan fingerprint density at radius 3 is 2.91 bits per heavy atom. The zero-order chi connectivity index (χ0) is 16.1. The molecular weight excluding hydrogens is 297 g/mol. The molecule has 1 amide bonds. The van der Waals surface area contributed by atoms with Crippen molar-refractivity contribution in [3.8, 4) is 11.3 Å². The molecule has 1 fully saturated rings. The van der Waals surface area contributed by atoms with Crippen LogP contribution in [0.1, 0.15) is 25.0 Å². The fourth-order valence-corrected chi connectivity index (χ4v) is 2.68. The number of amides is 1. The highest BCUT2D eigenvalue weighted by molar-refractivity contribution is 5.76. The lowest BCUT2D eigenvalue weighted by atomic mass is 10.1. The number of carbonyl (C=O) groups excluding carboxylic acids is 1. The van der Waals surface area contributed by atoms with E-state index < -0.39 is 0 Å². The van der Waals surface area contributed by atoms with Gasteiger partial charge >= 0.3 is 0 Å².